The minimum Gasteiger partial charge on any atom is -0.370 e. The topological polar surface area (TPSA) is 71.5 Å². The van der Waals surface area contributed by atoms with Crippen molar-refractivity contribution >= 4 is 5.96 Å². The summed E-state index contributed by atoms with van der Waals surface area (Å²) in [5.74, 6) is 1.15. The summed E-state index contributed by atoms with van der Waals surface area (Å²) in [7, 11) is 2.05. The van der Waals surface area contributed by atoms with E-state index in [0.717, 1.165) is 12.6 Å². The molecule has 0 radical (unpaired) electrons. The number of aryl methyl sites for hydroxylation is 1. The van der Waals surface area contributed by atoms with Crippen LogP contribution in [-0.4, -0.2) is 45.8 Å². The first kappa shape index (κ1) is 15.0. The number of likely N-dealkylation sites (tertiary alicyclic amines) is 1. The molecule has 3 N–H and O–H groups in total. The molecule has 2 saturated carbocycles. The van der Waals surface area contributed by atoms with Gasteiger partial charge in [-0.3, -0.25) is 14.6 Å². The Bertz CT molecular complexity index is 571. The van der Waals surface area contributed by atoms with Gasteiger partial charge < -0.3 is 11.1 Å². The Kier molecular flexibility index (Phi) is 4.01. The average Bonchev–Trinajstić information content (AvgIpc) is 3.45. The Labute approximate surface area is 138 Å². The zero-order valence-electron chi connectivity index (χ0n) is 14.0. The number of hydrogen-bond donors (Lipinski definition) is 2. The van der Waals surface area contributed by atoms with E-state index in [1.54, 1.807) is 0 Å². The Morgan fingerprint density at radius 2 is 2.17 bits per heavy atom. The third kappa shape index (κ3) is 3.37. The number of guanidine groups is 1. The van der Waals surface area contributed by atoms with Crippen molar-refractivity contribution in [1.29, 1.82) is 0 Å². The number of rotatable bonds is 5. The normalized spacial score (nSPS) is 29.7. The molecule has 2 heterocycles. The molecule has 1 aliphatic heterocycles. The first-order valence-electron chi connectivity index (χ1n) is 9.02. The van der Waals surface area contributed by atoms with Crippen molar-refractivity contribution in [2.45, 2.75) is 56.7 Å². The second kappa shape index (κ2) is 6.15. The van der Waals surface area contributed by atoms with Crippen molar-refractivity contribution in [2.75, 3.05) is 13.1 Å². The Hall–Kier alpha value is -1.56. The summed E-state index contributed by atoms with van der Waals surface area (Å²) in [4.78, 5) is 7.36. The second-order valence-corrected chi connectivity index (χ2v) is 7.34. The van der Waals surface area contributed by atoms with Crippen LogP contribution in [0.25, 0.3) is 0 Å². The van der Waals surface area contributed by atoms with Crippen molar-refractivity contribution < 1.29 is 0 Å². The number of piperidine rings is 1. The number of aliphatic imine (C=N–C) groups is 1. The Morgan fingerprint density at radius 3 is 2.83 bits per heavy atom. The van der Waals surface area contributed by atoms with Gasteiger partial charge in [0.2, 0.25) is 0 Å². The molecular formula is C17H28N6. The monoisotopic (exact) mass is 316 g/mol. The van der Waals surface area contributed by atoms with Gasteiger partial charge in [-0.25, -0.2) is 0 Å². The van der Waals surface area contributed by atoms with Crippen LogP contribution in [0, 0.1) is 5.92 Å². The summed E-state index contributed by atoms with van der Waals surface area (Å²) in [5.41, 5.74) is 7.36. The lowest BCUT2D eigenvalue weighted by atomic mass is 9.86. The van der Waals surface area contributed by atoms with Crippen LogP contribution in [0.5, 0.6) is 0 Å². The molecule has 1 saturated heterocycles. The van der Waals surface area contributed by atoms with Gasteiger partial charge >= 0.3 is 0 Å². The van der Waals surface area contributed by atoms with Crippen LogP contribution < -0.4 is 11.1 Å². The lowest BCUT2D eigenvalue weighted by Crippen LogP contribution is -2.42. The van der Waals surface area contributed by atoms with Gasteiger partial charge in [0.05, 0.1) is 11.7 Å². The van der Waals surface area contributed by atoms with Crippen LogP contribution >= 0.6 is 0 Å². The van der Waals surface area contributed by atoms with Crippen LogP contribution in [0.15, 0.2) is 17.3 Å². The van der Waals surface area contributed by atoms with Gasteiger partial charge in [0, 0.05) is 31.9 Å². The first-order valence-corrected chi connectivity index (χ1v) is 9.02. The van der Waals surface area contributed by atoms with Gasteiger partial charge in [-0.2, -0.15) is 5.10 Å². The highest BCUT2D eigenvalue weighted by Crippen LogP contribution is 2.42. The van der Waals surface area contributed by atoms with E-state index >= 15 is 0 Å². The van der Waals surface area contributed by atoms with Gasteiger partial charge in [-0.15, -0.1) is 0 Å². The number of aromatic nitrogens is 2. The molecule has 4 rings (SSSR count). The molecule has 2 atom stereocenters. The molecule has 6 heteroatoms. The summed E-state index contributed by atoms with van der Waals surface area (Å²) in [6, 6.07) is 3.94. The van der Waals surface area contributed by atoms with Crippen molar-refractivity contribution in [3.05, 3.63) is 18.0 Å². The van der Waals surface area contributed by atoms with Crippen LogP contribution in [0.1, 0.15) is 50.3 Å². The van der Waals surface area contributed by atoms with Gasteiger partial charge in [0.1, 0.15) is 0 Å². The quantitative estimate of drug-likeness (QED) is 0.636. The van der Waals surface area contributed by atoms with E-state index < -0.39 is 0 Å². The SMILES string of the molecule is Cn1nccc1[C@H]1[C@H](CN=C(N)NC2CC2)CCCN1C1CC1. The van der Waals surface area contributed by atoms with Crippen molar-refractivity contribution in [2.24, 2.45) is 23.7 Å². The molecule has 2 aliphatic carbocycles. The van der Waals surface area contributed by atoms with Gasteiger partial charge in [0.15, 0.2) is 5.96 Å². The summed E-state index contributed by atoms with van der Waals surface area (Å²) >= 11 is 0. The summed E-state index contributed by atoms with van der Waals surface area (Å²) in [5, 5.41) is 7.70. The van der Waals surface area contributed by atoms with Crippen LogP contribution in [0.2, 0.25) is 0 Å². The van der Waals surface area contributed by atoms with Crippen LogP contribution in [0.4, 0.5) is 0 Å². The van der Waals surface area contributed by atoms with E-state index in [-0.39, 0.29) is 0 Å². The zero-order chi connectivity index (χ0) is 15.8. The van der Waals surface area contributed by atoms with E-state index in [9.17, 15) is 0 Å². The number of nitrogens with two attached hydrogens (primary N) is 1. The lowest BCUT2D eigenvalue weighted by molar-refractivity contribution is 0.0824. The second-order valence-electron chi connectivity index (χ2n) is 7.34. The van der Waals surface area contributed by atoms with E-state index in [2.05, 4.69) is 33.4 Å². The fourth-order valence-electron chi connectivity index (χ4n) is 3.89. The Balaban J connectivity index is 1.51. The van der Waals surface area contributed by atoms with Crippen molar-refractivity contribution in [1.82, 2.24) is 20.0 Å². The van der Waals surface area contributed by atoms with Crippen molar-refractivity contribution in [3.8, 4) is 0 Å². The maximum atomic E-state index is 6.04. The minimum atomic E-state index is 0.432. The predicted molar refractivity (Wildman–Crippen MR) is 91.0 cm³/mol. The van der Waals surface area contributed by atoms with Gasteiger partial charge in [-0.1, -0.05) is 0 Å². The van der Waals surface area contributed by atoms with Crippen LogP contribution in [0.3, 0.4) is 0 Å². The maximum absolute atomic E-state index is 6.04. The van der Waals surface area contributed by atoms with Gasteiger partial charge in [0.25, 0.3) is 0 Å². The molecule has 0 amide bonds. The summed E-state index contributed by atoms with van der Waals surface area (Å²) < 4.78 is 2.04. The molecule has 23 heavy (non-hydrogen) atoms. The van der Waals surface area contributed by atoms with E-state index in [1.807, 2.05) is 10.9 Å². The fourth-order valence-corrected chi connectivity index (χ4v) is 3.89. The molecule has 0 bridgehead atoms. The van der Waals surface area contributed by atoms with E-state index in [1.165, 1.54) is 50.8 Å². The molecule has 6 nitrogen and oxygen atoms in total. The predicted octanol–water partition coefficient (Wildman–Crippen LogP) is 1.40. The average molecular weight is 316 g/mol. The largest absolute Gasteiger partial charge is 0.370 e. The van der Waals surface area contributed by atoms with Gasteiger partial charge in [-0.05, 0) is 57.1 Å². The van der Waals surface area contributed by atoms with Crippen LogP contribution in [-0.2, 0) is 7.05 Å². The highest BCUT2D eigenvalue weighted by atomic mass is 15.3. The summed E-state index contributed by atoms with van der Waals surface area (Å²) in [6.07, 6.45) is 9.55. The van der Waals surface area contributed by atoms with Crippen molar-refractivity contribution in [3.63, 3.8) is 0 Å². The molecular weight excluding hydrogens is 288 g/mol. The lowest BCUT2D eigenvalue weighted by Gasteiger charge is -2.41. The molecule has 0 spiro atoms. The number of hydrogen-bond acceptors (Lipinski definition) is 3. The van der Waals surface area contributed by atoms with E-state index in [0.29, 0.717) is 24.0 Å². The maximum Gasteiger partial charge on any atom is 0.188 e. The molecule has 1 aromatic rings. The fraction of sp³-hybridized carbons (Fsp3) is 0.765. The third-order valence-electron chi connectivity index (χ3n) is 5.40. The highest BCUT2D eigenvalue weighted by Gasteiger charge is 2.41. The standard InChI is InChI=1S/C17H28N6/c1-22-15(8-9-20-22)16-12(3-2-10-23(16)14-6-7-14)11-19-17(18)21-13-4-5-13/h8-9,12-14,16H,2-7,10-11H2,1H3,(H3,18,19,21)/t12-,16+/m0/s1. The smallest absolute Gasteiger partial charge is 0.188 e. The number of nitrogens with one attached hydrogen (secondary N) is 1. The Morgan fingerprint density at radius 1 is 1.35 bits per heavy atom. The molecule has 0 aromatic carbocycles. The number of nitrogens with zero attached hydrogens (tertiary/aromatic N) is 4. The zero-order valence-corrected chi connectivity index (χ0v) is 14.0. The minimum absolute atomic E-state index is 0.432. The molecule has 3 aliphatic rings. The first-order chi connectivity index (χ1) is 11.2. The molecule has 0 unspecified atom stereocenters. The highest BCUT2D eigenvalue weighted by molar-refractivity contribution is 5.78. The third-order valence-corrected chi connectivity index (χ3v) is 5.40. The van der Waals surface area contributed by atoms with E-state index in [4.69, 9.17) is 5.73 Å². The molecule has 3 fully saturated rings. The summed E-state index contributed by atoms with van der Waals surface area (Å²) in [6.45, 7) is 2.02. The molecule has 126 valence electrons. The molecule has 1 aromatic heterocycles.